The number of aryl methyl sites for hydroxylation is 1. The molecule has 1 atom stereocenters. The van der Waals surface area contributed by atoms with Gasteiger partial charge in [-0.3, -0.25) is 0 Å². The summed E-state index contributed by atoms with van der Waals surface area (Å²) in [5.74, 6) is 0. The van der Waals surface area contributed by atoms with Gasteiger partial charge < -0.3 is 15.4 Å². The van der Waals surface area contributed by atoms with Crippen LogP contribution in [-0.2, 0) is 4.74 Å². The van der Waals surface area contributed by atoms with Crippen molar-refractivity contribution in [3.8, 4) is 0 Å². The van der Waals surface area contributed by atoms with Crippen molar-refractivity contribution in [2.45, 2.75) is 19.9 Å². The minimum absolute atomic E-state index is 0.319. The van der Waals surface area contributed by atoms with E-state index in [9.17, 15) is 0 Å². The van der Waals surface area contributed by atoms with Gasteiger partial charge >= 0.3 is 0 Å². The van der Waals surface area contributed by atoms with Crippen LogP contribution in [0.2, 0.25) is 0 Å². The van der Waals surface area contributed by atoms with Crippen LogP contribution in [0.25, 0.3) is 0 Å². The molecular formula is C12H20N2O. The van der Waals surface area contributed by atoms with E-state index < -0.39 is 0 Å². The standard InChI is InChI=1S/C12H20N2O/c1-9-5-6-12(11(13)7-9)14(3)10(2)8-15-4/h5-7,10H,8,13H2,1-4H3. The van der Waals surface area contributed by atoms with E-state index in [1.807, 2.05) is 20.0 Å². The molecule has 84 valence electrons. The Labute approximate surface area is 91.8 Å². The highest BCUT2D eigenvalue weighted by Crippen LogP contribution is 2.24. The summed E-state index contributed by atoms with van der Waals surface area (Å²) < 4.78 is 5.13. The fourth-order valence-corrected chi connectivity index (χ4v) is 1.59. The number of nitrogens with two attached hydrogens (primary N) is 1. The first-order valence-corrected chi connectivity index (χ1v) is 5.14. The number of nitrogen functional groups attached to an aromatic ring is 1. The summed E-state index contributed by atoms with van der Waals surface area (Å²) in [6.45, 7) is 4.85. The van der Waals surface area contributed by atoms with E-state index in [4.69, 9.17) is 10.5 Å². The number of methoxy groups -OCH3 is 1. The first-order valence-electron chi connectivity index (χ1n) is 5.14. The van der Waals surface area contributed by atoms with E-state index in [1.54, 1.807) is 7.11 Å². The summed E-state index contributed by atoms with van der Waals surface area (Å²) in [6, 6.07) is 6.43. The predicted octanol–water partition coefficient (Wildman–Crippen LogP) is 2.05. The van der Waals surface area contributed by atoms with Crippen LogP contribution in [0.3, 0.4) is 0 Å². The van der Waals surface area contributed by atoms with E-state index in [0.717, 1.165) is 11.4 Å². The van der Waals surface area contributed by atoms with Crippen LogP contribution in [0.4, 0.5) is 11.4 Å². The average molecular weight is 208 g/mol. The number of nitrogens with zero attached hydrogens (tertiary/aromatic N) is 1. The molecule has 15 heavy (non-hydrogen) atoms. The molecule has 3 nitrogen and oxygen atoms in total. The molecule has 0 saturated heterocycles. The Morgan fingerprint density at radius 2 is 2.13 bits per heavy atom. The fraction of sp³-hybridized carbons (Fsp3) is 0.500. The first kappa shape index (κ1) is 11.9. The van der Waals surface area contributed by atoms with E-state index in [0.29, 0.717) is 12.6 Å². The zero-order chi connectivity index (χ0) is 11.4. The highest BCUT2D eigenvalue weighted by molar-refractivity contribution is 5.68. The van der Waals surface area contributed by atoms with Crippen LogP contribution in [0.15, 0.2) is 18.2 Å². The number of anilines is 2. The highest BCUT2D eigenvalue weighted by Gasteiger charge is 2.11. The van der Waals surface area contributed by atoms with Gasteiger partial charge in [-0.05, 0) is 31.5 Å². The van der Waals surface area contributed by atoms with Gasteiger partial charge in [0.25, 0.3) is 0 Å². The van der Waals surface area contributed by atoms with Gasteiger partial charge in [-0.1, -0.05) is 6.07 Å². The van der Waals surface area contributed by atoms with Gasteiger partial charge in [0.2, 0.25) is 0 Å². The summed E-state index contributed by atoms with van der Waals surface area (Å²) in [7, 11) is 3.74. The largest absolute Gasteiger partial charge is 0.397 e. The van der Waals surface area contributed by atoms with Gasteiger partial charge in [-0.2, -0.15) is 0 Å². The van der Waals surface area contributed by atoms with Crippen LogP contribution in [0.5, 0.6) is 0 Å². The van der Waals surface area contributed by atoms with Crippen LogP contribution in [0.1, 0.15) is 12.5 Å². The van der Waals surface area contributed by atoms with Gasteiger partial charge in [0.1, 0.15) is 0 Å². The van der Waals surface area contributed by atoms with Crippen molar-refractivity contribution in [1.29, 1.82) is 0 Å². The van der Waals surface area contributed by atoms with Crippen LogP contribution < -0.4 is 10.6 Å². The molecule has 0 aliphatic carbocycles. The van der Waals surface area contributed by atoms with Crippen molar-refractivity contribution in [3.63, 3.8) is 0 Å². The van der Waals surface area contributed by atoms with Crippen LogP contribution in [0, 0.1) is 6.92 Å². The zero-order valence-corrected chi connectivity index (χ0v) is 9.95. The molecule has 0 aliphatic rings. The molecule has 0 amide bonds. The number of rotatable bonds is 4. The molecule has 3 heteroatoms. The maximum atomic E-state index is 5.97. The van der Waals surface area contributed by atoms with E-state index in [-0.39, 0.29) is 0 Å². The van der Waals surface area contributed by atoms with Gasteiger partial charge in [0, 0.05) is 20.2 Å². The minimum atomic E-state index is 0.319. The van der Waals surface area contributed by atoms with Gasteiger partial charge in [-0.15, -0.1) is 0 Å². The second-order valence-electron chi connectivity index (χ2n) is 3.98. The third-order valence-electron chi connectivity index (χ3n) is 2.63. The topological polar surface area (TPSA) is 38.5 Å². The van der Waals surface area contributed by atoms with Crippen molar-refractivity contribution in [2.75, 3.05) is 31.4 Å². The molecule has 1 aromatic rings. The van der Waals surface area contributed by atoms with Crippen molar-refractivity contribution >= 4 is 11.4 Å². The van der Waals surface area contributed by atoms with Crippen molar-refractivity contribution in [2.24, 2.45) is 0 Å². The van der Waals surface area contributed by atoms with Crippen LogP contribution >= 0.6 is 0 Å². The van der Waals surface area contributed by atoms with Crippen molar-refractivity contribution in [1.82, 2.24) is 0 Å². The molecule has 0 spiro atoms. The molecule has 1 rings (SSSR count). The summed E-state index contributed by atoms with van der Waals surface area (Å²) in [4.78, 5) is 2.14. The molecule has 0 saturated carbocycles. The molecule has 0 radical (unpaired) electrons. The van der Waals surface area contributed by atoms with Crippen molar-refractivity contribution in [3.05, 3.63) is 23.8 Å². The summed E-state index contributed by atoms with van der Waals surface area (Å²) in [5.41, 5.74) is 9.04. The lowest BCUT2D eigenvalue weighted by atomic mass is 10.1. The predicted molar refractivity (Wildman–Crippen MR) is 65.3 cm³/mol. The number of ether oxygens (including phenoxy) is 1. The second kappa shape index (κ2) is 5.03. The SMILES string of the molecule is COCC(C)N(C)c1ccc(C)cc1N. The van der Waals surface area contributed by atoms with E-state index in [1.165, 1.54) is 5.56 Å². The molecule has 0 aliphatic heterocycles. The third-order valence-corrected chi connectivity index (χ3v) is 2.63. The van der Waals surface area contributed by atoms with Gasteiger partial charge in [0.15, 0.2) is 0 Å². The van der Waals surface area contributed by atoms with Crippen LogP contribution in [-0.4, -0.2) is 26.8 Å². The van der Waals surface area contributed by atoms with Gasteiger partial charge in [0.05, 0.1) is 18.0 Å². The molecule has 0 heterocycles. The molecule has 1 aromatic carbocycles. The number of hydrogen-bond donors (Lipinski definition) is 1. The van der Waals surface area contributed by atoms with E-state index in [2.05, 4.69) is 24.0 Å². The van der Waals surface area contributed by atoms with Gasteiger partial charge in [-0.25, -0.2) is 0 Å². The Kier molecular flexibility index (Phi) is 3.97. The zero-order valence-electron chi connectivity index (χ0n) is 9.95. The molecular weight excluding hydrogens is 188 g/mol. The lowest BCUT2D eigenvalue weighted by molar-refractivity contribution is 0.183. The Hall–Kier alpha value is -1.22. The monoisotopic (exact) mass is 208 g/mol. The average Bonchev–Trinajstić information content (AvgIpc) is 2.17. The molecule has 0 bridgehead atoms. The van der Waals surface area contributed by atoms with Crippen molar-refractivity contribution < 1.29 is 4.74 Å². The maximum Gasteiger partial charge on any atom is 0.0663 e. The maximum absolute atomic E-state index is 5.97. The number of likely N-dealkylation sites (N-methyl/N-ethyl adjacent to an activating group) is 1. The molecule has 0 aromatic heterocycles. The highest BCUT2D eigenvalue weighted by atomic mass is 16.5. The number of hydrogen-bond acceptors (Lipinski definition) is 3. The Balaban J connectivity index is 2.86. The normalized spacial score (nSPS) is 12.5. The second-order valence-corrected chi connectivity index (χ2v) is 3.98. The fourth-order valence-electron chi connectivity index (χ4n) is 1.59. The lowest BCUT2D eigenvalue weighted by Crippen LogP contribution is -2.33. The summed E-state index contributed by atoms with van der Waals surface area (Å²) in [6.07, 6.45) is 0. The van der Waals surface area contributed by atoms with E-state index >= 15 is 0 Å². The third kappa shape index (κ3) is 2.86. The Morgan fingerprint density at radius 3 is 2.67 bits per heavy atom. The smallest absolute Gasteiger partial charge is 0.0663 e. The summed E-state index contributed by atoms with van der Waals surface area (Å²) >= 11 is 0. The molecule has 1 unspecified atom stereocenters. The summed E-state index contributed by atoms with van der Waals surface area (Å²) in [5, 5.41) is 0. The number of benzene rings is 1. The Morgan fingerprint density at radius 1 is 1.47 bits per heavy atom. The molecule has 0 fully saturated rings. The molecule has 2 N–H and O–H groups in total. The quantitative estimate of drug-likeness (QED) is 0.770. The minimum Gasteiger partial charge on any atom is -0.397 e. The lowest BCUT2D eigenvalue weighted by Gasteiger charge is -2.27. The first-order chi connectivity index (χ1) is 7.06. The Bertz CT molecular complexity index is 325.